The highest BCUT2D eigenvalue weighted by Crippen LogP contribution is 2.16. The fourth-order valence-electron chi connectivity index (χ4n) is 2.13. The van der Waals surface area contributed by atoms with Crippen molar-refractivity contribution in [1.29, 1.82) is 0 Å². The Labute approximate surface area is 110 Å². The van der Waals surface area contributed by atoms with Gasteiger partial charge in [0.15, 0.2) is 0 Å². The first-order valence-electron chi connectivity index (χ1n) is 7.86. The van der Waals surface area contributed by atoms with Gasteiger partial charge in [-0.25, -0.2) is 0 Å². The molecule has 0 aromatic rings. The maximum atomic E-state index is 4.13. The van der Waals surface area contributed by atoms with E-state index in [0.29, 0.717) is 5.92 Å². The molecule has 0 aromatic heterocycles. The Morgan fingerprint density at radius 3 is 1.59 bits per heavy atom. The van der Waals surface area contributed by atoms with E-state index in [9.17, 15) is 0 Å². The molecule has 0 saturated carbocycles. The molecule has 0 spiro atoms. The van der Waals surface area contributed by atoms with Crippen LogP contribution in [0, 0.1) is 5.92 Å². The Balaban J connectivity index is 3.06. The zero-order chi connectivity index (χ0) is 12.9. The second-order valence-electron chi connectivity index (χ2n) is 5.74. The molecule has 0 heterocycles. The van der Waals surface area contributed by atoms with Crippen molar-refractivity contribution < 1.29 is 0 Å². The molecule has 0 fully saturated rings. The summed E-state index contributed by atoms with van der Waals surface area (Å²) in [5.41, 5.74) is 1.43. The average Bonchev–Trinajstić information content (AvgIpc) is 2.31. The molecule has 0 N–H and O–H groups in total. The molecular weight excluding hydrogens is 204 g/mol. The van der Waals surface area contributed by atoms with Crippen molar-refractivity contribution >= 4 is 0 Å². The van der Waals surface area contributed by atoms with Crippen molar-refractivity contribution in [2.45, 2.75) is 91.4 Å². The molecule has 0 aliphatic carbocycles. The van der Waals surface area contributed by atoms with Crippen LogP contribution in [0.3, 0.4) is 0 Å². The van der Waals surface area contributed by atoms with E-state index in [1.807, 2.05) is 0 Å². The summed E-state index contributed by atoms with van der Waals surface area (Å²) in [7, 11) is 0. The monoisotopic (exact) mass is 238 g/mol. The van der Waals surface area contributed by atoms with E-state index in [4.69, 9.17) is 0 Å². The third-order valence-corrected chi connectivity index (χ3v) is 3.67. The first-order valence-corrected chi connectivity index (χ1v) is 7.86. The van der Waals surface area contributed by atoms with Crippen LogP contribution < -0.4 is 0 Å². The van der Waals surface area contributed by atoms with E-state index in [1.165, 1.54) is 76.2 Å². The minimum Gasteiger partial charge on any atom is -0.0996 e. The topological polar surface area (TPSA) is 0 Å². The third kappa shape index (κ3) is 12.0. The number of unbranched alkanes of at least 4 members (excludes halogenated alkanes) is 9. The largest absolute Gasteiger partial charge is 0.0996 e. The fourth-order valence-corrected chi connectivity index (χ4v) is 2.13. The van der Waals surface area contributed by atoms with E-state index in [2.05, 4.69) is 27.4 Å². The van der Waals surface area contributed by atoms with Gasteiger partial charge in [-0.2, -0.15) is 0 Å². The summed E-state index contributed by atoms with van der Waals surface area (Å²) < 4.78 is 0. The number of hydrogen-bond acceptors (Lipinski definition) is 0. The Morgan fingerprint density at radius 1 is 0.765 bits per heavy atom. The predicted octanol–water partition coefficient (Wildman–Crippen LogP) is 6.51. The van der Waals surface area contributed by atoms with Gasteiger partial charge in [0.2, 0.25) is 0 Å². The highest BCUT2D eigenvalue weighted by atomic mass is 14.1. The Kier molecular flexibility index (Phi) is 12.0. The zero-order valence-electron chi connectivity index (χ0n) is 12.6. The molecule has 17 heavy (non-hydrogen) atoms. The lowest BCUT2D eigenvalue weighted by Gasteiger charge is -2.08. The SMILES string of the molecule is C=C(CCCCCCCCCCCC)C(C)C. The molecular formula is C17H34. The van der Waals surface area contributed by atoms with Crippen molar-refractivity contribution in [2.24, 2.45) is 5.92 Å². The quantitative estimate of drug-likeness (QED) is 0.268. The van der Waals surface area contributed by atoms with Crippen LogP contribution in [0.5, 0.6) is 0 Å². The lowest BCUT2D eigenvalue weighted by atomic mass is 9.98. The van der Waals surface area contributed by atoms with Gasteiger partial charge in [-0.1, -0.05) is 90.7 Å². The van der Waals surface area contributed by atoms with Crippen LogP contribution in [-0.4, -0.2) is 0 Å². The van der Waals surface area contributed by atoms with Crippen LogP contribution in [0.15, 0.2) is 12.2 Å². The Bertz CT molecular complexity index is 167. The van der Waals surface area contributed by atoms with E-state index in [0.717, 1.165) is 0 Å². The number of hydrogen-bond donors (Lipinski definition) is 0. The molecule has 0 unspecified atom stereocenters. The average molecular weight is 238 g/mol. The van der Waals surface area contributed by atoms with Crippen molar-refractivity contribution in [3.8, 4) is 0 Å². The molecule has 102 valence electrons. The lowest BCUT2D eigenvalue weighted by Crippen LogP contribution is -1.92. The van der Waals surface area contributed by atoms with Crippen LogP contribution in [0.4, 0.5) is 0 Å². The van der Waals surface area contributed by atoms with Gasteiger partial charge in [0, 0.05) is 0 Å². The van der Waals surface area contributed by atoms with Gasteiger partial charge in [-0.05, 0) is 18.8 Å². The summed E-state index contributed by atoms with van der Waals surface area (Å²) in [4.78, 5) is 0. The summed E-state index contributed by atoms with van der Waals surface area (Å²) >= 11 is 0. The van der Waals surface area contributed by atoms with Crippen molar-refractivity contribution in [2.75, 3.05) is 0 Å². The Morgan fingerprint density at radius 2 is 1.18 bits per heavy atom. The fraction of sp³-hybridized carbons (Fsp3) is 0.882. The highest BCUT2D eigenvalue weighted by Gasteiger charge is 1.99. The summed E-state index contributed by atoms with van der Waals surface area (Å²) in [6, 6.07) is 0. The molecule has 0 rings (SSSR count). The number of rotatable bonds is 12. The van der Waals surface area contributed by atoms with Crippen molar-refractivity contribution in [1.82, 2.24) is 0 Å². The van der Waals surface area contributed by atoms with E-state index in [-0.39, 0.29) is 0 Å². The van der Waals surface area contributed by atoms with Gasteiger partial charge in [0.1, 0.15) is 0 Å². The summed E-state index contributed by atoms with van der Waals surface area (Å²) in [5, 5.41) is 0. The van der Waals surface area contributed by atoms with Gasteiger partial charge < -0.3 is 0 Å². The second-order valence-corrected chi connectivity index (χ2v) is 5.74. The lowest BCUT2D eigenvalue weighted by molar-refractivity contribution is 0.551. The van der Waals surface area contributed by atoms with Crippen LogP contribution >= 0.6 is 0 Å². The van der Waals surface area contributed by atoms with Crippen LogP contribution in [0.25, 0.3) is 0 Å². The van der Waals surface area contributed by atoms with Crippen LogP contribution in [-0.2, 0) is 0 Å². The van der Waals surface area contributed by atoms with Gasteiger partial charge in [-0.3, -0.25) is 0 Å². The van der Waals surface area contributed by atoms with Gasteiger partial charge >= 0.3 is 0 Å². The molecule has 0 nitrogen and oxygen atoms in total. The molecule has 0 bridgehead atoms. The third-order valence-electron chi connectivity index (χ3n) is 3.67. The molecule has 0 saturated heterocycles. The molecule has 0 atom stereocenters. The first kappa shape index (κ1) is 16.7. The van der Waals surface area contributed by atoms with Gasteiger partial charge in [0.25, 0.3) is 0 Å². The molecule has 0 amide bonds. The molecule has 0 aliphatic heterocycles. The van der Waals surface area contributed by atoms with Crippen molar-refractivity contribution in [3.05, 3.63) is 12.2 Å². The maximum Gasteiger partial charge on any atom is -0.0263 e. The summed E-state index contributed by atoms with van der Waals surface area (Å²) in [6.07, 6.45) is 15.5. The zero-order valence-corrected chi connectivity index (χ0v) is 12.6. The van der Waals surface area contributed by atoms with Gasteiger partial charge in [-0.15, -0.1) is 0 Å². The standard InChI is InChI=1S/C17H34/c1-5-6-7-8-9-10-11-12-13-14-15-17(4)16(2)3/h16H,4-15H2,1-3H3. The smallest absolute Gasteiger partial charge is 0.0263 e. The van der Waals surface area contributed by atoms with E-state index < -0.39 is 0 Å². The highest BCUT2D eigenvalue weighted by molar-refractivity contribution is 4.96. The molecule has 0 aromatic carbocycles. The summed E-state index contributed by atoms with van der Waals surface area (Å²) in [6.45, 7) is 10.9. The molecule has 0 heteroatoms. The van der Waals surface area contributed by atoms with E-state index in [1.54, 1.807) is 0 Å². The Hall–Kier alpha value is -0.260. The normalized spacial score (nSPS) is 11.1. The van der Waals surface area contributed by atoms with Gasteiger partial charge in [0.05, 0.1) is 0 Å². The predicted molar refractivity (Wildman–Crippen MR) is 80.4 cm³/mol. The number of allylic oxidation sites excluding steroid dienone is 1. The first-order chi connectivity index (χ1) is 8.18. The van der Waals surface area contributed by atoms with Crippen LogP contribution in [0.2, 0.25) is 0 Å². The van der Waals surface area contributed by atoms with E-state index >= 15 is 0 Å². The molecule has 0 aliphatic rings. The van der Waals surface area contributed by atoms with Crippen molar-refractivity contribution in [3.63, 3.8) is 0 Å². The minimum absolute atomic E-state index is 0.675. The second kappa shape index (κ2) is 12.2. The summed E-state index contributed by atoms with van der Waals surface area (Å²) in [5.74, 6) is 0.675. The minimum atomic E-state index is 0.675. The van der Waals surface area contributed by atoms with Crippen LogP contribution in [0.1, 0.15) is 91.4 Å². The molecule has 0 radical (unpaired) electrons. The maximum absolute atomic E-state index is 4.13.